The molecule has 0 fully saturated rings. The Kier molecular flexibility index (Phi) is 6.32. The number of ketones is 1. The van der Waals surface area contributed by atoms with Crippen LogP contribution in [0.25, 0.3) is 0 Å². The first-order chi connectivity index (χ1) is 16.9. The van der Waals surface area contributed by atoms with E-state index in [4.69, 9.17) is 25.8 Å². The Hall–Kier alpha value is -3.25. The molecule has 182 valence electrons. The van der Waals surface area contributed by atoms with Crippen LogP contribution in [-0.4, -0.2) is 24.6 Å². The number of Topliss-reactive ketones (excluding diaryl/α,β-unsaturated/α-hetero) is 1. The van der Waals surface area contributed by atoms with E-state index in [-0.39, 0.29) is 24.6 Å². The van der Waals surface area contributed by atoms with E-state index in [1.165, 1.54) is 0 Å². The molecule has 0 radical (unpaired) electrons. The van der Waals surface area contributed by atoms with Crippen molar-refractivity contribution in [3.05, 3.63) is 81.2 Å². The highest BCUT2D eigenvalue weighted by molar-refractivity contribution is 6.30. The minimum atomic E-state index is -0.545. The van der Waals surface area contributed by atoms with Gasteiger partial charge in [-0.15, -0.1) is 0 Å². The molecule has 2 aromatic carbocycles. The summed E-state index contributed by atoms with van der Waals surface area (Å²) in [5, 5.41) is 4.05. The first kappa shape index (κ1) is 23.5. The van der Waals surface area contributed by atoms with Crippen molar-refractivity contribution >= 4 is 23.4 Å². The quantitative estimate of drug-likeness (QED) is 0.533. The molecule has 1 N–H and O–H groups in total. The average Bonchev–Trinajstić information content (AvgIpc) is 3.31. The number of allylic oxidation sites excluding steroid dienone is 3. The number of ether oxygens (including phenoxy) is 3. The smallest absolute Gasteiger partial charge is 0.337 e. The summed E-state index contributed by atoms with van der Waals surface area (Å²) in [4.78, 5) is 27.1. The van der Waals surface area contributed by atoms with Gasteiger partial charge in [0.1, 0.15) is 0 Å². The lowest BCUT2D eigenvalue weighted by atomic mass is 9.71. The van der Waals surface area contributed by atoms with E-state index in [0.717, 1.165) is 16.8 Å². The van der Waals surface area contributed by atoms with Crippen LogP contribution in [-0.2, 0) is 14.3 Å². The fraction of sp³-hybridized carbons (Fsp3) is 0.357. The molecule has 0 bridgehead atoms. The van der Waals surface area contributed by atoms with Gasteiger partial charge in [0.05, 0.1) is 11.7 Å². The SMILES string of the molecule is CCC(C)OC(=O)C1=C(C)NC2=C(C(=O)CC(c3ccc(Cl)cc3)C2)C1c1ccc2c(c1)OCO2. The number of hydrogen-bond acceptors (Lipinski definition) is 6. The van der Waals surface area contributed by atoms with Gasteiger partial charge < -0.3 is 19.5 Å². The van der Waals surface area contributed by atoms with E-state index in [1.54, 1.807) is 0 Å². The van der Waals surface area contributed by atoms with Crippen LogP contribution in [0.2, 0.25) is 5.02 Å². The molecule has 0 aromatic heterocycles. The monoisotopic (exact) mass is 493 g/mol. The number of esters is 1. The maximum absolute atomic E-state index is 13.7. The summed E-state index contributed by atoms with van der Waals surface area (Å²) in [6.45, 7) is 5.86. The number of hydrogen-bond donors (Lipinski definition) is 1. The minimum Gasteiger partial charge on any atom is -0.459 e. The van der Waals surface area contributed by atoms with Crippen LogP contribution >= 0.6 is 11.6 Å². The van der Waals surface area contributed by atoms with Gasteiger partial charge in [-0.3, -0.25) is 4.79 Å². The topological polar surface area (TPSA) is 73.9 Å². The zero-order valence-electron chi connectivity index (χ0n) is 20.0. The van der Waals surface area contributed by atoms with Crippen molar-refractivity contribution in [3.8, 4) is 11.5 Å². The van der Waals surface area contributed by atoms with Gasteiger partial charge in [0.15, 0.2) is 17.3 Å². The van der Waals surface area contributed by atoms with Crippen LogP contribution in [0.3, 0.4) is 0 Å². The van der Waals surface area contributed by atoms with Gasteiger partial charge in [0.2, 0.25) is 6.79 Å². The molecular weight excluding hydrogens is 466 g/mol. The second-order valence-corrected chi connectivity index (χ2v) is 9.74. The summed E-state index contributed by atoms with van der Waals surface area (Å²) in [5.41, 5.74) is 4.50. The van der Waals surface area contributed by atoms with Gasteiger partial charge >= 0.3 is 5.97 Å². The van der Waals surface area contributed by atoms with Gasteiger partial charge in [0.25, 0.3) is 0 Å². The fourth-order valence-electron chi connectivity index (χ4n) is 5.04. The lowest BCUT2D eigenvalue weighted by Crippen LogP contribution is -2.36. The summed E-state index contributed by atoms with van der Waals surface area (Å²) >= 11 is 6.07. The predicted octanol–water partition coefficient (Wildman–Crippen LogP) is 5.77. The molecule has 3 atom stereocenters. The minimum absolute atomic E-state index is 0.0164. The van der Waals surface area contributed by atoms with Crippen molar-refractivity contribution in [1.29, 1.82) is 0 Å². The van der Waals surface area contributed by atoms with E-state index in [0.29, 0.717) is 52.6 Å². The fourth-order valence-corrected chi connectivity index (χ4v) is 5.16. The van der Waals surface area contributed by atoms with Crippen LogP contribution in [0.15, 0.2) is 65.0 Å². The zero-order valence-corrected chi connectivity index (χ0v) is 20.8. The third kappa shape index (κ3) is 4.43. The summed E-state index contributed by atoms with van der Waals surface area (Å²) < 4.78 is 16.8. The summed E-state index contributed by atoms with van der Waals surface area (Å²) in [5.74, 6) is 0.353. The van der Waals surface area contributed by atoms with E-state index < -0.39 is 11.9 Å². The Morgan fingerprint density at radius 3 is 2.57 bits per heavy atom. The van der Waals surface area contributed by atoms with Crippen molar-refractivity contribution in [2.45, 2.75) is 58.0 Å². The highest BCUT2D eigenvalue weighted by atomic mass is 35.5. The zero-order chi connectivity index (χ0) is 24.7. The molecule has 3 unspecified atom stereocenters. The van der Waals surface area contributed by atoms with E-state index in [1.807, 2.05) is 63.2 Å². The van der Waals surface area contributed by atoms with Crippen molar-refractivity contribution in [3.63, 3.8) is 0 Å². The summed E-state index contributed by atoms with van der Waals surface area (Å²) in [6, 6.07) is 13.2. The second kappa shape index (κ2) is 9.42. The molecule has 0 spiro atoms. The summed E-state index contributed by atoms with van der Waals surface area (Å²) in [7, 11) is 0. The molecule has 5 rings (SSSR count). The highest BCUT2D eigenvalue weighted by Crippen LogP contribution is 2.47. The molecule has 0 amide bonds. The van der Waals surface area contributed by atoms with Crippen LogP contribution in [0.4, 0.5) is 0 Å². The molecule has 2 aliphatic heterocycles. The normalized spacial score (nSPS) is 22.0. The van der Waals surface area contributed by atoms with E-state index in [9.17, 15) is 9.59 Å². The Balaban J connectivity index is 1.58. The third-order valence-corrected chi connectivity index (χ3v) is 7.25. The number of carbonyl (C=O) groups excluding carboxylic acids is 2. The molecule has 6 nitrogen and oxygen atoms in total. The maximum Gasteiger partial charge on any atom is 0.337 e. The Morgan fingerprint density at radius 1 is 1.11 bits per heavy atom. The number of nitrogens with one attached hydrogen (secondary N) is 1. The van der Waals surface area contributed by atoms with Gasteiger partial charge in [-0.05, 0) is 68.0 Å². The Morgan fingerprint density at radius 2 is 1.83 bits per heavy atom. The molecule has 3 aliphatic rings. The van der Waals surface area contributed by atoms with Crippen molar-refractivity contribution in [2.75, 3.05) is 6.79 Å². The third-order valence-electron chi connectivity index (χ3n) is 7.00. The molecule has 35 heavy (non-hydrogen) atoms. The highest BCUT2D eigenvalue weighted by Gasteiger charge is 2.42. The lowest BCUT2D eigenvalue weighted by Gasteiger charge is -2.37. The molecule has 2 aromatic rings. The van der Waals surface area contributed by atoms with Gasteiger partial charge in [-0.1, -0.05) is 36.7 Å². The number of dihydropyridines is 1. The van der Waals surface area contributed by atoms with Gasteiger partial charge in [-0.2, -0.15) is 0 Å². The van der Waals surface area contributed by atoms with Crippen LogP contribution in [0.1, 0.15) is 63.0 Å². The molecular formula is C28H28ClNO5. The Labute approximate surface area is 209 Å². The van der Waals surface area contributed by atoms with Gasteiger partial charge in [0, 0.05) is 34.3 Å². The molecule has 0 saturated carbocycles. The van der Waals surface area contributed by atoms with E-state index in [2.05, 4.69) is 5.32 Å². The number of carbonyl (C=O) groups is 2. The van der Waals surface area contributed by atoms with Crippen molar-refractivity contribution in [1.82, 2.24) is 5.32 Å². The number of fused-ring (bicyclic) bond motifs is 1. The van der Waals surface area contributed by atoms with Crippen LogP contribution in [0, 0.1) is 0 Å². The molecule has 1 aliphatic carbocycles. The van der Waals surface area contributed by atoms with Crippen LogP contribution in [0.5, 0.6) is 11.5 Å². The largest absolute Gasteiger partial charge is 0.459 e. The van der Waals surface area contributed by atoms with Crippen molar-refractivity contribution in [2.24, 2.45) is 0 Å². The number of rotatable bonds is 5. The number of benzene rings is 2. The first-order valence-corrected chi connectivity index (χ1v) is 12.3. The molecule has 0 saturated heterocycles. The van der Waals surface area contributed by atoms with Crippen molar-refractivity contribution < 1.29 is 23.8 Å². The first-order valence-electron chi connectivity index (χ1n) is 12.0. The predicted molar refractivity (Wildman–Crippen MR) is 132 cm³/mol. The standard InChI is InChI=1S/C28H28ClNO5/c1-4-15(2)35-28(32)25-16(3)30-21-11-19(17-5-8-20(29)9-6-17)12-22(31)27(21)26(25)18-7-10-23-24(13-18)34-14-33-23/h5-10,13,15,19,26,30H,4,11-12,14H2,1-3H3. The van der Waals surface area contributed by atoms with Crippen LogP contribution < -0.4 is 14.8 Å². The number of halogens is 1. The van der Waals surface area contributed by atoms with E-state index >= 15 is 0 Å². The maximum atomic E-state index is 13.7. The molecule has 7 heteroatoms. The average molecular weight is 494 g/mol. The lowest BCUT2D eigenvalue weighted by molar-refractivity contribution is -0.144. The Bertz CT molecular complexity index is 1250. The second-order valence-electron chi connectivity index (χ2n) is 9.31. The molecule has 2 heterocycles. The van der Waals surface area contributed by atoms with Gasteiger partial charge in [-0.25, -0.2) is 4.79 Å². The summed E-state index contributed by atoms with van der Waals surface area (Å²) in [6.07, 6.45) is 1.49.